The summed E-state index contributed by atoms with van der Waals surface area (Å²) in [5.74, 6) is 1.58. The molecule has 0 saturated carbocycles. The molecule has 0 aliphatic heterocycles. The number of hydrogen-bond acceptors (Lipinski definition) is 6. The van der Waals surface area contributed by atoms with Gasteiger partial charge in [-0.15, -0.1) is 0 Å². The van der Waals surface area contributed by atoms with E-state index in [0.29, 0.717) is 5.75 Å². The van der Waals surface area contributed by atoms with Crippen LogP contribution in [-0.4, -0.2) is 30.6 Å². The van der Waals surface area contributed by atoms with Crippen LogP contribution in [0, 0.1) is 20.8 Å². The standard InChI is InChI=1S/C32H34O3.C29H28O3/c1-20-17-25(11-14-28(20)33)31(4,5)23-7-9-24(10-8-23)32(6,26-12-15-29(34)21(2)18-26)27-13-16-30(35)22(3)19-27;1-28(2,21-8-14-25(30)15-9-21)20-4-6-22(7-5-20)29(3,23-10-16-26(31)17-11-23)24-12-18-27(32)19-13-24/h7-19,33-35H,1-6H3;4-19,30-32H,1-3H3. The molecule has 0 aliphatic carbocycles. The second-order valence-corrected chi connectivity index (χ2v) is 19.3. The first kappa shape index (κ1) is 47.5. The van der Waals surface area contributed by atoms with E-state index in [1.54, 1.807) is 54.6 Å². The van der Waals surface area contributed by atoms with Crippen molar-refractivity contribution >= 4 is 0 Å². The predicted molar refractivity (Wildman–Crippen MR) is 271 cm³/mol. The molecule has 0 saturated heterocycles. The fourth-order valence-electron chi connectivity index (χ4n) is 9.22. The highest BCUT2D eigenvalue weighted by Crippen LogP contribution is 2.44. The molecule has 0 aromatic heterocycles. The summed E-state index contributed by atoms with van der Waals surface area (Å²) >= 11 is 0. The molecular weight excluding hydrogens is 829 g/mol. The number of phenolic OH excluding ortho intramolecular Hbond substituents is 6. The van der Waals surface area contributed by atoms with Gasteiger partial charge in [0.05, 0.1) is 0 Å². The lowest BCUT2D eigenvalue weighted by Crippen LogP contribution is -2.26. The summed E-state index contributed by atoms with van der Waals surface area (Å²) < 4.78 is 0. The number of benzene rings is 8. The van der Waals surface area contributed by atoms with Crippen molar-refractivity contribution in [2.24, 2.45) is 0 Å². The van der Waals surface area contributed by atoms with Gasteiger partial charge in [0.25, 0.3) is 0 Å². The molecule has 8 aromatic carbocycles. The smallest absolute Gasteiger partial charge is 0.118 e. The van der Waals surface area contributed by atoms with Crippen LogP contribution in [0.15, 0.2) is 176 Å². The normalized spacial score (nSPS) is 12.0. The lowest BCUT2D eigenvalue weighted by atomic mass is 9.69. The largest absolute Gasteiger partial charge is 0.508 e. The Hall–Kier alpha value is -7.44. The van der Waals surface area contributed by atoms with Crippen LogP contribution in [0.3, 0.4) is 0 Å². The Balaban J connectivity index is 0.000000200. The maximum Gasteiger partial charge on any atom is 0.118 e. The van der Waals surface area contributed by atoms with Gasteiger partial charge in [-0.25, -0.2) is 0 Å². The summed E-state index contributed by atoms with van der Waals surface area (Å²) in [6, 6.07) is 56.6. The van der Waals surface area contributed by atoms with Gasteiger partial charge in [0.2, 0.25) is 0 Å². The molecule has 0 heterocycles. The van der Waals surface area contributed by atoms with Crippen molar-refractivity contribution in [2.75, 3.05) is 0 Å². The van der Waals surface area contributed by atoms with E-state index in [-0.39, 0.29) is 39.6 Å². The molecule has 0 unspecified atom stereocenters. The van der Waals surface area contributed by atoms with E-state index in [4.69, 9.17) is 0 Å². The maximum atomic E-state index is 10.2. The van der Waals surface area contributed by atoms with E-state index < -0.39 is 10.8 Å². The molecule has 0 spiro atoms. The summed E-state index contributed by atoms with van der Waals surface area (Å²) in [4.78, 5) is 0. The highest BCUT2D eigenvalue weighted by atomic mass is 16.3. The molecule has 0 bridgehead atoms. The van der Waals surface area contributed by atoms with Crippen molar-refractivity contribution in [3.05, 3.63) is 248 Å². The number of aromatic hydroxyl groups is 6. The first-order chi connectivity index (χ1) is 31.6. The molecular formula is C61H62O6. The summed E-state index contributed by atoms with van der Waals surface area (Å²) in [6.07, 6.45) is 0. The zero-order valence-electron chi connectivity index (χ0n) is 39.9. The predicted octanol–water partition coefficient (Wildman–Crippen LogP) is 13.9. The molecule has 342 valence electrons. The number of hydrogen-bond donors (Lipinski definition) is 6. The molecule has 0 radical (unpaired) electrons. The Bertz CT molecular complexity index is 2880. The van der Waals surface area contributed by atoms with Crippen LogP contribution in [0.2, 0.25) is 0 Å². The van der Waals surface area contributed by atoms with E-state index in [0.717, 1.165) is 61.2 Å². The zero-order chi connectivity index (χ0) is 48.5. The van der Waals surface area contributed by atoms with Gasteiger partial charge < -0.3 is 30.6 Å². The zero-order valence-corrected chi connectivity index (χ0v) is 39.9. The van der Waals surface area contributed by atoms with Gasteiger partial charge in [-0.2, -0.15) is 0 Å². The van der Waals surface area contributed by atoms with Gasteiger partial charge in [0.1, 0.15) is 34.5 Å². The van der Waals surface area contributed by atoms with Crippen molar-refractivity contribution in [1.82, 2.24) is 0 Å². The molecule has 67 heavy (non-hydrogen) atoms. The lowest BCUT2D eigenvalue weighted by molar-refractivity contribution is 0.469. The van der Waals surface area contributed by atoms with Gasteiger partial charge >= 0.3 is 0 Å². The summed E-state index contributed by atoms with van der Waals surface area (Å²) in [5.41, 5.74) is 12.2. The quantitative estimate of drug-likeness (QED) is 0.0761. The first-order valence-electron chi connectivity index (χ1n) is 22.7. The van der Waals surface area contributed by atoms with E-state index >= 15 is 0 Å². The molecule has 8 aromatic rings. The maximum absolute atomic E-state index is 10.2. The average Bonchev–Trinajstić information content (AvgIpc) is 3.32. The number of aryl methyl sites for hydroxylation is 3. The van der Waals surface area contributed by atoms with Gasteiger partial charge in [0, 0.05) is 21.7 Å². The van der Waals surface area contributed by atoms with Crippen LogP contribution in [-0.2, 0) is 21.7 Å². The second kappa shape index (κ2) is 18.4. The Kier molecular flexibility index (Phi) is 13.1. The molecule has 6 heteroatoms. The van der Waals surface area contributed by atoms with Crippen LogP contribution in [0.1, 0.15) is 114 Å². The van der Waals surface area contributed by atoms with Crippen molar-refractivity contribution in [3.63, 3.8) is 0 Å². The third-order valence-corrected chi connectivity index (χ3v) is 14.3. The van der Waals surface area contributed by atoms with Crippen LogP contribution in [0.5, 0.6) is 34.5 Å². The Morgan fingerprint density at radius 1 is 0.239 bits per heavy atom. The second-order valence-electron chi connectivity index (χ2n) is 19.3. The Morgan fingerprint density at radius 3 is 0.731 bits per heavy atom. The van der Waals surface area contributed by atoms with Crippen LogP contribution in [0.25, 0.3) is 0 Å². The van der Waals surface area contributed by atoms with Crippen molar-refractivity contribution < 1.29 is 30.6 Å². The average molecular weight is 891 g/mol. The van der Waals surface area contributed by atoms with Crippen molar-refractivity contribution in [1.29, 1.82) is 0 Å². The SMILES string of the molecule is CC(C)(c1ccc(O)cc1)c1ccc(C(C)(c2ccc(O)cc2)c2ccc(O)cc2)cc1.Cc1cc(C(C)(C)c2ccc(C(C)(c3ccc(O)c(C)c3)c3ccc(O)c(C)c3)cc2)ccc1O. The minimum atomic E-state index is -0.491. The molecule has 0 fully saturated rings. The number of rotatable bonds is 10. The molecule has 8 rings (SSSR count). The molecule has 6 N–H and O–H groups in total. The Morgan fingerprint density at radius 2 is 0.433 bits per heavy atom. The Labute approximate surface area is 395 Å². The molecule has 0 aliphatic rings. The van der Waals surface area contributed by atoms with E-state index in [1.165, 1.54) is 11.1 Å². The minimum Gasteiger partial charge on any atom is -0.508 e. The minimum absolute atomic E-state index is 0.223. The van der Waals surface area contributed by atoms with E-state index in [1.807, 2.05) is 93.6 Å². The van der Waals surface area contributed by atoms with Gasteiger partial charge in [-0.05, 0) is 162 Å². The third kappa shape index (κ3) is 9.35. The van der Waals surface area contributed by atoms with Gasteiger partial charge in [0.15, 0.2) is 0 Å². The lowest BCUT2D eigenvalue weighted by Gasteiger charge is -2.34. The summed E-state index contributed by atoms with van der Waals surface area (Å²) in [6.45, 7) is 18.8. The van der Waals surface area contributed by atoms with Gasteiger partial charge in [-0.3, -0.25) is 0 Å². The summed E-state index contributed by atoms with van der Waals surface area (Å²) in [5, 5.41) is 59.5. The molecule has 0 amide bonds. The van der Waals surface area contributed by atoms with E-state index in [2.05, 4.69) is 90.1 Å². The first-order valence-corrected chi connectivity index (χ1v) is 22.7. The third-order valence-electron chi connectivity index (χ3n) is 14.3. The van der Waals surface area contributed by atoms with Crippen molar-refractivity contribution in [2.45, 2.75) is 84.0 Å². The van der Waals surface area contributed by atoms with Crippen molar-refractivity contribution in [3.8, 4) is 34.5 Å². The topological polar surface area (TPSA) is 121 Å². The highest BCUT2D eigenvalue weighted by molar-refractivity contribution is 5.56. The van der Waals surface area contributed by atoms with E-state index in [9.17, 15) is 30.6 Å². The fraction of sp³-hybridized carbons (Fsp3) is 0.213. The molecule has 0 atom stereocenters. The monoisotopic (exact) mass is 890 g/mol. The van der Waals surface area contributed by atoms with Crippen LogP contribution in [0.4, 0.5) is 0 Å². The fourth-order valence-corrected chi connectivity index (χ4v) is 9.22. The van der Waals surface area contributed by atoms with Crippen LogP contribution >= 0.6 is 0 Å². The van der Waals surface area contributed by atoms with Gasteiger partial charge in [-0.1, -0.05) is 149 Å². The van der Waals surface area contributed by atoms with Crippen LogP contribution < -0.4 is 0 Å². The number of phenols is 6. The molecule has 6 nitrogen and oxygen atoms in total. The highest BCUT2D eigenvalue weighted by Gasteiger charge is 2.34. The summed E-state index contributed by atoms with van der Waals surface area (Å²) in [7, 11) is 0.